The molecule has 0 aromatic heterocycles. The Bertz CT molecular complexity index is 445. The number of hydrogen-bond acceptors (Lipinski definition) is 3. The van der Waals surface area contributed by atoms with Crippen molar-refractivity contribution >= 4 is 5.69 Å². The second-order valence-corrected chi connectivity index (χ2v) is 4.08. The van der Waals surface area contributed by atoms with Crippen LogP contribution in [0.2, 0.25) is 0 Å². The zero-order valence-corrected chi connectivity index (χ0v) is 10.1. The van der Waals surface area contributed by atoms with E-state index >= 15 is 0 Å². The molecular weight excluding hydrogens is 226 g/mol. The highest BCUT2D eigenvalue weighted by Gasteiger charge is 2.09. The molecule has 1 atom stereocenters. The third kappa shape index (κ3) is 3.87. The Kier molecular flexibility index (Phi) is 4.76. The number of nitrogens with one attached hydrogen (secondary N) is 1. The molecule has 0 aliphatic carbocycles. The van der Waals surface area contributed by atoms with Crippen LogP contribution in [-0.2, 0) is 11.3 Å². The van der Waals surface area contributed by atoms with E-state index in [1.807, 2.05) is 60.7 Å². The lowest BCUT2D eigenvalue weighted by Crippen LogP contribution is -2.23. The van der Waals surface area contributed by atoms with E-state index < -0.39 is 0 Å². The number of hydrogen-bond donors (Lipinski definition) is 2. The molecule has 0 saturated heterocycles. The van der Waals surface area contributed by atoms with Crippen LogP contribution in [0.15, 0.2) is 60.7 Å². The lowest BCUT2D eigenvalue weighted by atomic mass is 10.1. The first-order chi connectivity index (χ1) is 8.88. The van der Waals surface area contributed by atoms with Gasteiger partial charge in [0.05, 0.1) is 12.3 Å². The minimum absolute atomic E-state index is 0.0191. The van der Waals surface area contributed by atoms with Crippen LogP contribution >= 0.6 is 0 Å². The molecule has 3 heteroatoms. The lowest BCUT2D eigenvalue weighted by molar-refractivity contribution is 0.0476. The predicted octanol–water partition coefficient (Wildman–Crippen LogP) is 2.63. The Morgan fingerprint density at radius 3 is 2.17 bits per heavy atom. The van der Waals surface area contributed by atoms with Gasteiger partial charge in [0.1, 0.15) is 6.10 Å². The summed E-state index contributed by atoms with van der Waals surface area (Å²) in [5.41, 5.74) is 4.88. The molecule has 2 aromatic carbocycles. The first-order valence-electron chi connectivity index (χ1n) is 6.00. The molecule has 0 radical (unpaired) electrons. The fourth-order valence-corrected chi connectivity index (χ4v) is 1.68. The van der Waals surface area contributed by atoms with Gasteiger partial charge in [-0.1, -0.05) is 48.5 Å². The third-order valence-corrected chi connectivity index (χ3v) is 2.63. The maximum Gasteiger partial charge on any atom is 0.112 e. The number of rotatable bonds is 6. The Morgan fingerprint density at radius 2 is 1.56 bits per heavy atom. The van der Waals surface area contributed by atoms with E-state index in [0.29, 0.717) is 6.42 Å². The van der Waals surface area contributed by atoms with Crippen molar-refractivity contribution < 1.29 is 9.94 Å². The maximum absolute atomic E-state index is 9.30. The van der Waals surface area contributed by atoms with Crippen LogP contribution in [0.4, 0.5) is 5.69 Å². The van der Waals surface area contributed by atoms with Crippen molar-refractivity contribution in [3.63, 3.8) is 0 Å². The van der Waals surface area contributed by atoms with Crippen LogP contribution in [0.3, 0.4) is 0 Å². The minimum atomic E-state index is -0.257. The van der Waals surface area contributed by atoms with Gasteiger partial charge in [0.15, 0.2) is 0 Å². The van der Waals surface area contributed by atoms with Crippen molar-refractivity contribution in [3.8, 4) is 0 Å². The van der Waals surface area contributed by atoms with Crippen molar-refractivity contribution in [2.45, 2.75) is 12.5 Å². The van der Waals surface area contributed by atoms with Crippen LogP contribution < -0.4 is 5.48 Å². The molecule has 2 N–H and O–H groups in total. The van der Waals surface area contributed by atoms with Crippen molar-refractivity contribution in [1.82, 2.24) is 0 Å². The van der Waals surface area contributed by atoms with Crippen molar-refractivity contribution in [2.24, 2.45) is 0 Å². The normalized spacial score (nSPS) is 12.1. The van der Waals surface area contributed by atoms with Gasteiger partial charge >= 0.3 is 0 Å². The van der Waals surface area contributed by atoms with Gasteiger partial charge in [-0.25, -0.2) is 0 Å². The summed E-state index contributed by atoms with van der Waals surface area (Å²) < 4.78 is 0. The number of benzene rings is 2. The number of anilines is 1. The van der Waals surface area contributed by atoms with Gasteiger partial charge in [-0.05, 0) is 17.7 Å². The van der Waals surface area contributed by atoms with Gasteiger partial charge in [-0.3, -0.25) is 10.3 Å². The van der Waals surface area contributed by atoms with Gasteiger partial charge < -0.3 is 5.11 Å². The largest absolute Gasteiger partial charge is 0.394 e. The average Bonchev–Trinajstić information content (AvgIpc) is 2.45. The van der Waals surface area contributed by atoms with Crippen LogP contribution in [0.25, 0.3) is 0 Å². The molecule has 0 bridgehead atoms. The fourth-order valence-electron chi connectivity index (χ4n) is 1.68. The molecule has 3 nitrogen and oxygen atoms in total. The van der Waals surface area contributed by atoms with Gasteiger partial charge in [-0.15, -0.1) is 0 Å². The molecule has 0 aliphatic rings. The minimum Gasteiger partial charge on any atom is -0.394 e. The Balaban J connectivity index is 1.86. The van der Waals surface area contributed by atoms with E-state index in [-0.39, 0.29) is 12.7 Å². The highest BCUT2D eigenvalue weighted by Crippen LogP contribution is 2.09. The standard InChI is InChI=1S/C15H17NO2/c17-12-15(11-13-7-3-1-4-8-13)18-16-14-9-5-2-6-10-14/h1-10,15-17H,11-12H2/t15-/m1/s1. The smallest absolute Gasteiger partial charge is 0.112 e. The van der Waals surface area contributed by atoms with Crippen LogP contribution in [0.5, 0.6) is 0 Å². The summed E-state index contributed by atoms with van der Waals surface area (Å²) in [6.45, 7) is -0.0191. The van der Waals surface area contributed by atoms with E-state index in [0.717, 1.165) is 11.3 Å². The highest BCUT2D eigenvalue weighted by atomic mass is 16.7. The summed E-state index contributed by atoms with van der Waals surface area (Å²) in [5.74, 6) is 0. The SMILES string of the molecule is OC[C@@H](Cc1ccccc1)ONc1ccccc1. The quantitative estimate of drug-likeness (QED) is 0.766. The lowest BCUT2D eigenvalue weighted by Gasteiger charge is -2.16. The van der Waals surface area contributed by atoms with E-state index in [4.69, 9.17) is 4.84 Å². The molecule has 94 valence electrons. The predicted molar refractivity (Wildman–Crippen MR) is 72.2 cm³/mol. The summed E-state index contributed by atoms with van der Waals surface area (Å²) in [4.78, 5) is 5.48. The van der Waals surface area contributed by atoms with Gasteiger partial charge in [0.25, 0.3) is 0 Å². The molecule has 0 unspecified atom stereocenters. The zero-order valence-electron chi connectivity index (χ0n) is 10.1. The van der Waals surface area contributed by atoms with Crippen LogP contribution in [-0.4, -0.2) is 17.8 Å². The molecule has 0 fully saturated rings. The van der Waals surface area contributed by atoms with Crippen molar-refractivity contribution in [1.29, 1.82) is 0 Å². The molecule has 2 rings (SSSR count). The molecule has 0 heterocycles. The van der Waals surface area contributed by atoms with Crippen molar-refractivity contribution in [3.05, 3.63) is 66.2 Å². The molecule has 0 aliphatic heterocycles. The molecule has 0 saturated carbocycles. The summed E-state index contributed by atoms with van der Waals surface area (Å²) in [6.07, 6.45) is 0.421. The van der Waals surface area contributed by atoms with E-state index in [1.54, 1.807) is 0 Å². The molecule has 0 spiro atoms. The second-order valence-electron chi connectivity index (χ2n) is 4.08. The highest BCUT2D eigenvalue weighted by molar-refractivity contribution is 5.40. The van der Waals surface area contributed by atoms with E-state index in [2.05, 4.69) is 5.48 Å². The Hall–Kier alpha value is -1.84. The first kappa shape index (κ1) is 12.6. The molecule has 18 heavy (non-hydrogen) atoms. The average molecular weight is 243 g/mol. The Labute approximate surface area is 107 Å². The summed E-state index contributed by atoms with van der Waals surface area (Å²) in [5, 5.41) is 9.30. The summed E-state index contributed by atoms with van der Waals surface area (Å²) in [7, 11) is 0. The molecule has 2 aromatic rings. The van der Waals surface area contributed by atoms with E-state index in [1.165, 1.54) is 0 Å². The van der Waals surface area contributed by atoms with E-state index in [9.17, 15) is 5.11 Å². The van der Waals surface area contributed by atoms with Gasteiger partial charge in [-0.2, -0.15) is 0 Å². The Morgan fingerprint density at radius 1 is 0.944 bits per heavy atom. The number of aliphatic hydroxyl groups is 1. The third-order valence-electron chi connectivity index (χ3n) is 2.63. The maximum atomic E-state index is 9.30. The van der Waals surface area contributed by atoms with Gasteiger partial charge in [0, 0.05) is 6.42 Å². The van der Waals surface area contributed by atoms with Crippen LogP contribution in [0.1, 0.15) is 5.56 Å². The fraction of sp³-hybridized carbons (Fsp3) is 0.200. The monoisotopic (exact) mass is 243 g/mol. The van der Waals surface area contributed by atoms with Crippen LogP contribution in [0, 0.1) is 0 Å². The first-order valence-corrected chi connectivity index (χ1v) is 6.00. The van der Waals surface area contributed by atoms with Gasteiger partial charge in [0.2, 0.25) is 0 Å². The number of para-hydroxylation sites is 1. The summed E-state index contributed by atoms with van der Waals surface area (Å²) >= 11 is 0. The molecule has 0 amide bonds. The zero-order chi connectivity index (χ0) is 12.6. The molecular formula is C15H17NO2. The topological polar surface area (TPSA) is 41.5 Å². The second kappa shape index (κ2) is 6.79. The number of aliphatic hydroxyl groups excluding tert-OH is 1. The van der Waals surface area contributed by atoms with Crippen molar-refractivity contribution in [2.75, 3.05) is 12.1 Å². The summed E-state index contributed by atoms with van der Waals surface area (Å²) in [6, 6.07) is 19.6.